The zero-order valence-electron chi connectivity index (χ0n) is 8.34. The lowest BCUT2D eigenvalue weighted by atomic mass is 10.5. The van der Waals surface area contributed by atoms with Crippen molar-refractivity contribution < 1.29 is 59.6 Å². The van der Waals surface area contributed by atoms with Gasteiger partial charge in [0.05, 0.1) is 0 Å². The van der Waals surface area contributed by atoms with Crippen molar-refractivity contribution in [1.29, 1.82) is 0 Å². The number of ether oxygens (including phenoxy) is 4. The summed E-state index contributed by atoms with van der Waals surface area (Å²) in [6, 6.07) is -9.89. The van der Waals surface area contributed by atoms with Gasteiger partial charge < -0.3 is 5.11 Å². The zero-order chi connectivity index (χ0) is 15.1. The Balaban J connectivity index is 2.99. The Kier molecular flexibility index (Phi) is 3.70. The number of aliphatic carboxylic acids is 1. The van der Waals surface area contributed by atoms with Crippen molar-refractivity contribution in [1.82, 2.24) is 0 Å². The molecule has 0 aromatic rings. The Bertz CT molecular complexity index is 372. The average Bonchev–Trinajstić information content (AvgIpc) is 2.37. The van der Waals surface area contributed by atoms with Crippen LogP contribution in [0.2, 0.25) is 0 Å². The first kappa shape index (κ1) is 15.9. The topological polar surface area (TPSA) is 74.2 Å². The summed E-state index contributed by atoms with van der Waals surface area (Å²) in [5.74, 6) is -3.10. The van der Waals surface area contributed by atoms with Crippen LogP contribution in [0.5, 0.6) is 0 Å². The van der Waals surface area contributed by atoms with Crippen LogP contribution < -0.4 is 0 Å². The fourth-order valence-electron chi connectivity index (χ4n) is 0.892. The van der Waals surface area contributed by atoms with Crippen molar-refractivity contribution in [2.24, 2.45) is 0 Å². The van der Waals surface area contributed by atoms with Crippen LogP contribution in [0.25, 0.3) is 0 Å². The van der Waals surface area contributed by atoms with Crippen LogP contribution in [0, 0.1) is 0 Å². The van der Waals surface area contributed by atoms with Crippen molar-refractivity contribution in [2.45, 2.75) is 24.6 Å². The highest BCUT2D eigenvalue weighted by Crippen LogP contribution is 2.46. The molecule has 19 heavy (non-hydrogen) atoms. The minimum Gasteiger partial charge on any atom is -0.475 e. The van der Waals surface area contributed by atoms with Crippen LogP contribution in [0.15, 0.2) is 0 Å². The van der Waals surface area contributed by atoms with E-state index in [0.29, 0.717) is 0 Å². The van der Waals surface area contributed by atoms with Crippen LogP contribution in [-0.4, -0.2) is 42.4 Å². The second-order valence-corrected chi connectivity index (χ2v) is 2.95. The normalized spacial score (nSPS) is 32.6. The van der Waals surface area contributed by atoms with Gasteiger partial charge in [0.25, 0.3) is 0 Å². The summed E-state index contributed by atoms with van der Waals surface area (Å²) in [5, 5.41) is 7.90. The molecule has 0 radical (unpaired) electrons. The molecule has 0 bridgehead atoms. The van der Waals surface area contributed by atoms with E-state index in [9.17, 15) is 35.5 Å². The van der Waals surface area contributed by atoms with Gasteiger partial charge in [0.2, 0.25) is 0 Å². The molecular formula is C6H3F7O6. The Hall–Kier alpha value is -1.18. The predicted octanol–water partition coefficient (Wildman–Crippen LogP) is 1.47. The maximum atomic E-state index is 13.4. The molecule has 0 spiro atoms. The zero-order valence-corrected chi connectivity index (χ0v) is 8.34. The SMILES string of the molecule is O=C(O)C(F)(F)OC1(F)OCOC1(F)OC(F)(F)F. The van der Waals surface area contributed by atoms with E-state index in [1.165, 1.54) is 0 Å². The summed E-state index contributed by atoms with van der Waals surface area (Å²) in [6.07, 6.45) is -11.2. The fourth-order valence-corrected chi connectivity index (χ4v) is 0.892. The number of hydrogen-bond acceptors (Lipinski definition) is 5. The summed E-state index contributed by atoms with van der Waals surface area (Å²) in [7, 11) is 0. The van der Waals surface area contributed by atoms with E-state index in [1.807, 2.05) is 0 Å². The van der Waals surface area contributed by atoms with Gasteiger partial charge in [0.15, 0.2) is 6.79 Å². The summed E-state index contributed by atoms with van der Waals surface area (Å²) in [6.45, 7) is -1.60. The first-order valence-electron chi connectivity index (χ1n) is 4.05. The summed E-state index contributed by atoms with van der Waals surface area (Å²) >= 11 is 0. The second-order valence-electron chi connectivity index (χ2n) is 2.95. The lowest BCUT2D eigenvalue weighted by molar-refractivity contribution is -0.527. The smallest absolute Gasteiger partial charge is 0.475 e. The van der Waals surface area contributed by atoms with Gasteiger partial charge in [0.1, 0.15) is 0 Å². The molecule has 1 rings (SSSR count). The molecule has 0 amide bonds. The van der Waals surface area contributed by atoms with Crippen molar-refractivity contribution in [3.8, 4) is 0 Å². The molecule has 2 unspecified atom stereocenters. The van der Waals surface area contributed by atoms with Gasteiger partial charge in [-0.25, -0.2) is 14.3 Å². The molecule has 0 aromatic heterocycles. The fraction of sp³-hybridized carbons (Fsp3) is 0.833. The quantitative estimate of drug-likeness (QED) is 0.793. The van der Waals surface area contributed by atoms with Gasteiger partial charge in [-0.2, -0.15) is 17.6 Å². The lowest BCUT2D eigenvalue weighted by Crippen LogP contribution is -2.55. The molecule has 1 N–H and O–H groups in total. The monoisotopic (exact) mass is 304 g/mol. The third-order valence-corrected chi connectivity index (χ3v) is 1.60. The van der Waals surface area contributed by atoms with E-state index in [0.717, 1.165) is 0 Å². The van der Waals surface area contributed by atoms with Gasteiger partial charge in [-0.1, -0.05) is 0 Å². The maximum Gasteiger partial charge on any atom is 0.527 e. The van der Waals surface area contributed by atoms with E-state index in [2.05, 4.69) is 18.9 Å². The minimum absolute atomic E-state index is 1.60. The number of carboxylic acid groups (broad SMARTS) is 1. The van der Waals surface area contributed by atoms with Crippen molar-refractivity contribution >= 4 is 5.97 Å². The van der Waals surface area contributed by atoms with Gasteiger partial charge in [0, 0.05) is 0 Å². The third-order valence-electron chi connectivity index (χ3n) is 1.60. The predicted molar refractivity (Wildman–Crippen MR) is 35.5 cm³/mol. The molecule has 0 aliphatic carbocycles. The summed E-state index contributed by atoms with van der Waals surface area (Å²) in [4.78, 5) is 9.92. The molecule has 1 fully saturated rings. The Morgan fingerprint density at radius 2 is 1.47 bits per heavy atom. The first-order valence-corrected chi connectivity index (χ1v) is 4.05. The molecule has 0 aromatic carbocycles. The van der Waals surface area contributed by atoms with Gasteiger partial charge >= 0.3 is 30.5 Å². The molecule has 6 nitrogen and oxygen atoms in total. The van der Waals surface area contributed by atoms with Crippen LogP contribution >= 0.6 is 0 Å². The van der Waals surface area contributed by atoms with Crippen molar-refractivity contribution in [3.63, 3.8) is 0 Å². The van der Waals surface area contributed by atoms with Gasteiger partial charge in [-0.05, 0) is 0 Å². The van der Waals surface area contributed by atoms with Gasteiger partial charge in [-0.3, -0.25) is 9.47 Å². The molecule has 2 atom stereocenters. The Morgan fingerprint density at radius 3 is 1.84 bits per heavy atom. The van der Waals surface area contributed by atoms with E-state index >= 15 is 0 Å². The molecule has 1 heterocycles. The highest BCUT2D eigenvalue weighted by molar-refractivity contribution is 5.73. The Morgan fingerprint density at radius 1 is 1.05 bits per heavy atom. The largest absolute Gasteiger partial charge is 0.527 e. The number of carbonyl (C=O) groups is 1. The minimum atomic E-state index is -5.85. The lowest BCUT2D eigenvalue weighted by Gasteiger charge is -2.30. The number of carboxylic acids is 1. The molecule has 13 heteroatoms. The summed E-state index contributed by atoms with van der Waals surface area (Å²) < 4.78 is 99.2. The second kappa shape index (κ2) is 4.43. The molecule has 1 aliphatic heterocycles. The van der Waals surface area contributed by atoms with E-state index < -0.39 is 37.3 Å². The number of alkyl halides is 7. The highest BCUT2D eigenvalue weighted by atomic mass is 19.4. The molecule has 112 valence electrons. The standard InChI is InChI=1S/C6H3F7O6/c7-3(8,2(14)15)18-4(9)5(10,17-1-16-4)19-6(11,12)13/h1H2,(H,14,15). The van der Waals surface area contributed by atoms with E-state index in [1.54, 1.807) is 0 Å². The molecular weight excluding hydrogens is 301 g/mol. The maximum absolute atomic E-state index is 13.4. The number of rotatable bonds is 4. The molecule has 1 aliphatic rings. The number of halogens is 7. The molecule has 0 saturated carbocycles. The summed E-state index contributed by atoms with van der Waals surface area (Å²) in [5.41, 5.74) is 0. The highest BCUT2D eigenvalue weighted by Gasteiger charge is 2.72. The van der Waals surface area contributed by atoms with Crippen molar-refractivity contribution in [2.75, 3.05) is 6.79 Å². The van der Waals surface area contributed by atoms with Crippen LogP contribution in [0.4, 0.5) is 30.7 Å². The van der Waals surface area contributed by atoms with Crippen LogP contribution in [0.3, 0.4) is 0 Å². The average molecular weight is 304 g/mol. The van der Waals surface area contributed by atoms with E-state index in [-0.39, 0.29) is 0 Å². The van der Waals surface area contributed by atoms with Crippen LogP contribution in [-0.2, 0) is 23.7 Å². The van der Waals surface area contributed by atoms with Crippen molar-refractivity contribution in [3.05, 3.63) is 0 Å². The van der Waals surface area contributed by atoms with Gasteiger partial charge in [-0.15, -0.1) is 13.2 Å². The number of hydrogen-bond donors (Lipinski definition) is 1. The first-order chi connectivity index (χ1) is 8.31. The van der Waals surface area contributed by atoms with E-state index in [4.69, 9.17) is 5.11 Å². The molecule has 1 saturated heterocycles. The van der Waals surface area contributed by atoms with Crippen LogP contribution in [0.1, 0.15) is 0 Å². The third kappa shape index (κ3) is 3.23. The Labute approximate surface area is 98.1 Å².